The summed E-state index contributed by atoms with van der Waals surface area (Å²) in [5.41, 5.74) is 2.54. The van der Waals surface area contributed by atoms with Crippen molar-refractivity contribution < 1.29 is 17.9 Å². The monoisotopic (exact) mass is 508 g/mol. The van der Waals surface area contributed by atoms with E-state index in [9.17, 15) is 8.42 Å². The van der Waals surface area contributed by atoms with Gasteiger partial charge >= 0.3 is 0 Å². The summed E-state index contributed by atoms with van der Waals surface area (Å²) in [4.78, 5) is 8.60. The minimum Gasteiger partial charge on any atom is -0.494 e. The van der Waals surface area contributed by atoms with Gasteiger partial charge in [-0.2, -0.15) is 0 Å². The van der Waals surface area contributed by atoms with E-state index in [1.165, 1.54) is 14.2 Å². The van der Waals surface area contributed by atoms with E-state index in [1.807, 2.05) is 37.3 Å². The van der Waals surface area contributed by atoms with Crippen LogP contribution in [0, 0.1) is 6.92 Å². The summed E-state index contributed by atoms with van der Waals surface area (Å²) in [7, 11) is -0.874. The van der Waals surface area contributed by atoms with Gasteiger partial charge in [0, 0.05) is 23.9 Å². The fourth-order valence-corrected chi connectivity index (χ4v) is 5.00. The van der Waals surface area contributed by atoms with Crippen molar-refractivity contribution in [2.75, 3.05) is 18.9 Å². The van der Waals surface area contributed by atoms with Crippen molar-refractivity contribution in [2.24, 2.45) is 0 Å². The highest BCUT2D eigenvalue weighted by molar-refractivity contribution is 7.93. The number of aryl methyl sites for hydroxylation is 1. The Morgan fingerprint density at radius 2 is 1.56 bits per heavy atom. The van der Waals surface area contributed by atoms with Gasteiger partial charge < -0.3 is 9.47 Å². The first-order chi connectivity index (χ1) is 17.3. The van der Waals surface area contributed by atoms with Crippen LogP contribution in [0.3, 0.4) is 0 Å². The SMILES string of the molecule is COc1cccc(OC)c1-n1c(NS(=O)(=O)[C@@H](C)[C@H](C)c2cnc(C)cn2)nnc1-c1ccccc1. The first-order valence-corrected chi connectivity index (χ1v) is 12.8. The van der Waals surface area contributed by atoms with Gasteiger partial charge in [0.2, 0.25) is 16.0 Å². The van der Waals surface area contributed by atoms with Crippen molar-refractivity contribution in [3.05, 3.63) is 72.3 Å². The summed E-state index contributed by atoms with van der Waals surface area (Å²) >= 11 is 0. The molecule has 0 bridgehead atoms. The largest absolute Gasteiger partial charge is 0.494 e. The second-order valence-electron chi connectivity index (χ2n) is 8.28. The minimum atomic E-state index is -3.93. The fourth-order valence-electron chi connectivity index (χ4n) is 3.76. The Balaban J connectivity index is 1.81. The van der Waals surface area contributed by atoms with Crippen LogP contribution in [0.4, 0.5) is 5.95 Å². The molecule has 0 aliphatic heterocycles. The lowest BCUT2D eigenvalue weighted by molar-refractivity contribution is 0.391. The predicted octanol–water partition coefficient (Wildman–Crippen LogP) is 3.98. The van der Waals surface area contributed by atoms with E-state index in [0.717, 1.165) is 11.3 Å². The Morgan fingerprint density at radius 1 is 0.889 bits per heavy atom. The van der Waals surface area contributed by atoms with E-state index in [0.29, 0.717) is 28.7 Å². The zero-order valence-corrected chi connectivity index (χ0v) is 21.5. The molecule has 10 nitrogen and oxygen atoms in total. The van der Waals surface area contributed by atoms with E-state index >= 15 is 0 Å². The van der Waals surface area contributed by atoms with E-state index in [2.05, 4.69) is 24.9 Å². The van der Waals surface area contributed by atoms with Crippen molar-refractivity contribution in [1.29, 1.82) is 0 Å². The molecule has 0 aliphatic carbocycles. The van der Waals surface area contributed by atoms with Crippen LogP contribution in [-0.2, 0) is 10.0 Å². The molecule has 0 saturated carbocycles. The molecule has 11 heteroatoms. The molecule has 4 rings (SSSR count). The number of nitrogens with zero attached hydrogens (tertiary/aromatic N) is 5. The Morgan fingerprint density at radius 3 is 2.14 bits per heavy atom. The van der Waals surface area contributed by atoms with E-state index in [1.54, 1.807) is 49.0 Å². The number of rotatable bonds is 9. The van der Waals surface area contributed by atoms with Crippen molar-refractivity contribution >= 4 is 16.0 Å². The number of para-hydroxylation sites is 1. The molecule has 2 atom stereocenters. The van der Waals surface area contributed by atoms with Crippen LogP contribution in [0.15, 0.2) is 60.9 Å². The normalized spacial score (nSPS) is 13.1. The Labute approximate surface area is 210 Å². The molecule has 2 heterocycles. The first kappa shape index (κ1) is 25.1. The molecule has 4 aromatic rings. The van der Waals surface area contributed by atoms with Gasteiger partial charge in [-0.25, -0.2) is 8.42 Å². The predicted molar refractivity (Wildman–Crippen MR) is 137 cm³/mol. The molecule has 36 heavy (non-hydrogen) atoms. The zero-order chi connectivity index (χ0) is 25.9. The topological polar surface area (TPSA) is 121 Å². The van der Waals surface area contributed by atoms with Gasteiger partial charge in [-0.1, -0.05) is 43.3 Å². The molecule has 0 unspecified atom stereocenters. The van der Waals surface area contributed by atoms with Crippen LogP contribution in [0.1, 0.15) is 31.2 Å². The van der Waals surface area contributed by atoms with Crippen molar-refractivity contribution in [3.8, 4) is 28.6 Å². The smallest absolute Gasteiger partial charge is 0.243 e. The Hall–Kier alpha value is -3.99. The molecule has 2 aromatic carbocycles. The highest BCUT2D eigenvalue weighted by Crippen LogP contribution is 2.38. The quantitative estimate of drug-likeness (QED) is 0.360. The maximum Gasteiger partial charge on any atom is 0.243 e. The molecule has 0 radical (unpaired) electrons. The molecule has 0 fully saturated rings. The molecule has 0 spiro atoms. The summed E-state index contributed by atoms with van der Waals surface area (Å²) in [6, 6.07) is 14.6. The zero-order valence-electron chi connectivity index (χ0n) is 20.7. The second kappa shape index (κ2) is 10.3. The number of benzene rings is 2. The Bertz CT molecular complexity index is 1420. The highest BCUT2D eigenvalue weighted by Gasteiger charge is 2.32. The molecule has 0 saturated heterocycles. The van der Waals surface area contributed by atoms with Gasteiger partial charge in [-0.05, 0) is 26.0 Å². The van der Waals surface area contributed by atoms with Crippen molar-refractivity contribution in [2.45, 2.75) is 31.9 Å². The van der Waals surface area contributed by atoms with Crippen LogP contribution in [-0.4, -0.2) is 52.6 Å². The number of aromatic nitrogens is 5. The molecule has 188 valence electrons. The van der Waals surface area contributed by atoms with Crippen LogP contribution in [0.5, 0.6) is 11.5 Å². The summed E-state index contributed by atoms with van der Waals surface area (Å²) in [6.07, 6.45) is 3.22. The highest BCUT2D eigenvalue weighted by atomic mass is 32.2. The summed E-state index contributed by atoms with van der Waals surface area (Å²) in [5.74, 6) is 0.916. The van der Waals surface area contributed by atoms with Crippen LogP contribution in [0.25, 0.3) is 17.1 Å². The molecular weight excluding hydrogens is 480 g/mol. The third kappa shape index (κ3) is 4.87. The van der Waals surface area contributed by atoms with Gasteiger partial charge in [0.25, 0.3) is 0 Å². The first-order valence-electron chi connectivity index (χ1n) is 11.3. The summed E-state index contributed by atoms with van der Waals surface area (Å²) in [6.45, 7) is 5.25. The van der Waals surface area contributed by atoms with Gasteiger partial charge in [0.1, 0.15) is 17.2 Å². The molecule has 1 N–H and O–H groups in total. The maximum absolute atomic E-state index is 13.5. The minimum absolute atomic E-state index is 0.00527. The summed E-state index contributed by atoms with van der Waals surface area (Å²) in [5, 5.41) is 7.69. The molecule has 2 aromatic heterocycles. The van der Waals surface area contributed by atoms with Crippen molar-refractivity contribution in [1.82, 2.24) is 24.7 Å². The number of ether oxygens (including phenoxy) is 2. The van der Waals surface area contributed by atoms with Crippen LogP contribution >= 0.6 is 0 Å². The number of methoxy groups -OCH3 is 2. The van der Waals surface area contributed by atoms with E-state index in [4.69, 9.17) is 9.47 Å². The van der Waals surface area contributed by atoms with Crippen LogP contribution < -0.4 is 14.2 Å². The number of hydrogen-bond acceptors (Lipinski definition) is 8. The van der Waals surface area contributed by atoms with E-state index < -0.39 is 21.2 Å². The fraction of sp³-hybridized carbons (Fsp3) is 0.280. The number of hydrogen-bond donors (Lipinski definition) is 1. The lowest BCUT2D eigenvalue weighted by atomic mass is 10.1. The molecule has 0 amide bonds. The molecule has 0 aliphatic rings. The maximum atomic E-state index is 13.5. The van der Waals surface area contributed by atoms with E-state index in [-0.39, 0.29) is 5.95 Å². The lowest BCUT2D eigenvalue weighted by Gasteiger charge is -2.21. The molecular formula is C25H28N6O4S. The second-order valence-corrected chi connectivity index (χ2v) is 10.3. The average Bonchev–Trinajstić information content (AvgIpc) is 3.30. The Kier molecular flexibility index (Phi) is 7.20. The number of sulfonamides is 1. The van der Waals surface area contributed by atoms with Gasteiger partial charge in [-0.15, -0.1) is 10.2 Å². The number of nitrogens with one attached hydrogen (secondary N) is 1. The van der Waals surface area contributed by atoms with Gasteiger partial charge in [0.15, 0.2) is 5.82 Å². The van der Waals surface area contributed by atoms with Gasteiger partial charge in [0.05, 0.1) is 30.9 Å². The third-order valence-corrected chi connectivity index (χ3v) is 7.87. The summed E-state index contributed by atoms with van der Waals surface area (Å²) < 4.78 is 42.5. The van der Waals surface area contributed by atoms with Crippen LogP contribution in [0.2, 0.25) is 0 Å². The standard InChI is InChI=1S/C25H28N6O4S/c1-16-14-27-20(15-26-16)17(2)18(3)36(32,33)30-25-29-28-24(19-10-7-6-8-11-19)31(25)23-21(34-4)12-9-13-22(23)35-5/h6-15,17-18H,1-5H3,(H,29,30)/t17-,18-/m0/s1. The average molecular weight is 509 g/mol. The third-order valence-electron chi connectivity index (χ3n) is 6.02. The van der Waals surface area contributed by atoms with Gasteiger partial charge in [-0.3, -0.25) is 19.3 Å². The lowest BCUT2D eigenvalue weighted by Crippen LogP contribution is -2.31. The van der Waals surface area contributed by atoms with Crippen molar-refractivity contribution in [3.63, 3.8) is 0 Å². The number of anilines is 1.